The van der Waals surface area contributed by atoms with Gasteiger partial charge in [0.05, 0.1) is 0 Å². The third kappa shape index (κ3) is 4.92. The van der Waals surface area contributed by atoms with Gasteiger partial charge in [-0.15, -0.1) is 12.4 Å². The van der Waals surface area contributed by atoms with E-state index in [1.54, 1.807) is 18.2 Å². The molecule has 0 aliphatic carbocycles. The highest BCUT2D eigenvalue weighted by molar-refractivity contribution is 5.85. The molecular formula is C17H23ClFN3O2. The van der Waals surface area contributed by atoms with Crippen LogP contribution in [0.5, 0.6) is 5.75 Å². The van der Waals surface area contributed by atoms with Gasteiger partial charge in [-0.3, -0.25) is 0 Å². The monoisotopic (exact) mass is 355 g/mol. The van der Waals surface area contributed by atoms with Crippen LogP contribution in [0.15, 0.2) is 28.8 Å². The Labute approximate surface area is 147 Å². The summed E-state index contributed by atoms with van der Waals surface area (Å²) in [4.78, 5) is 4.35. The topological polar surface area (TPSA) is 60.2 Å². The molecule has 1 N–H and O–H groups in total. The summed E-state index contributed by atoms with van der Waals surface area (Å²) >= 11 is 0. The molecule has 0 radical (unpaired) electrons. The average molecular weight is 356 g/mol. The zero-order valence-electron chi connectivity index (χ0n) is 13.7. The van der Waals surface area contributed by atoms with Crippen LogP contribution in [0.25, 0.3) is 0 Å². The number of hydrogen-bond acceptors (Lipinski definition) is 5. The Morgan fingerprint density at radius 1 is 1.33 bits per heavy atom. The first-order valence-electron chi connectivity index (χ1n) is 8.12. The van der Waals surface area contributed by atoms with Crippen LogP contribution < -0.4 is 10.1 Å². The molecule has 0 saturated carbocycles. The summed E-state index contributed by atoms with van der Waals surface area (Å²) in [6.45, 7) is 4.50. The van der Waals surface area contributed by atoms with E-state index in [-0.39, 0.29) is 24.8 Å². The van der Waals surface area contributed by atoms with Gasteiger partial charge in [-0.25, -0.2) is 4.39 Å². The van der Waals surface area contributed by atoms with Crippen molar-refractivity contribution in [1.82, 2.24) is 15.5 Å². The predicted molar refractivity (Wildman–Crippen MR) is 90.7 cm³/mol. The minimum Gasteiger partial charge on any atom is -0.482 e. The number of nitrogens with zero attached hydrogens (tertiary/aromatic N) is 2. The second-order valence-corrected chi connectivity index (χ2v) is 6.09. The third-order valence-electron chi connectivity index (χ3n) is 4.39. The first-order valence-corrected chi connectivity index (χ1v) is 8.12. The van der Waals surface area contributed by atoms with Gasteiger partial charge in [0.1, 0.15) is 0 Å². The number of halogens is 2. The second kappa shape index (κ2) is 8.99. The molecule has 1 atom stereocenters. The molecule has 0 amide bonds. The predicted octanol–water partition coefficient (Wildman–Crippen LogP) is 3.39. The van der Waals surface area contributed by atoms with E-state index in [2.05, 4.69) is 22.4 Å². The minimum absolute atomic E-state index is 0. The first kappa shape index (κ1) is 18.7. The number of rotatable bonds is 6. The normalized spacial score (nSPS) is 16.4. The van der Waals surface area contributed by atoms with E-state index in [1.165, 1.54) is 18.9 Å². The molecule has 7 heteroatoms. The molecule has 132 valence electrons. The lowest BCUT2D eigenvalue weighted by molar-refractivity contribution is 0.250. The molecule has 1 aromatic heterocycles. The molecule has 24 heavy (non-hydrogen) atoms. The molecule has 1 aromatic carbocycles. The lowest BCUT2D eigenvalue weighted by atomic mass is 9.84. The zero-order valence-corrected chi connectivity index (χ0v) is 14.5. The molecule has 3 rings (SSSR count). The molecule has 1 saturated heterocycles. The number of benzene rings is 1. The number of ether oxygens (including phenoxy) is 1. The standard InChI is InChI=1S/C17H22FN3O2.ClH/c1-12(13-6-8-19-9-7-13)10-17-20-16(21-23-17)11-22-15-5-3-2-4-14(15)18;/h2-5,12-13,19H,6-11H2,1H3;1H. The highest BCUT2D eigenvalue weighted by Crippen LogP contribution is 2.24. The molecule has 0 bridgehead atoms. The van der Waals surface area contributed by atoms with Gasteiger partial charge in [-0.05, 0) is 49.9 Å². The van der Waals surface area contributed by atoms with E-state index in [9.17, 15) is 4.39 Å². The zero-order chi connectivity index (χ0) is 16.1. The van der Waals surface area contributed by atoms with Crippen LogP contribution >= 0.6 is 12.4 Å². The van der Waals surface area contributed by atoms with Crippen molar-refractivity contribution in [2.45, 2.75) is 32.8 Å². The number of piperidine rings is 1. The summed E-state index contributed by atoms with van der Waals surface area (Å²) in [6, 6.07) is 6.28. The number of hydrogen-bond donors (Lipinski definition) is 1. The highest BCUT2D eigenvalue weighted by Gasteiger charge is 2.22. The average Bonchev–Trinajstić information content (AvgIpc) is 3.02. The number of para-hydroxylation sites is 1. The number of nitrogens with one attached hydrogen (secondary N) is 1. The van der Waals surface area contributed by atoms with E-state index in [4.69, 9.17) is 9.26 Å². The Morgan fingerprint density at radius 2 is 2.08 bits per heavy atom. The van der Waals surface area contributed by atoms with Crippen LogP contribution in [0.1, 0.15) is 31.5 Å². The van der Waals surface area contributed by atoms with Gasteiger partial charge in [0, 0.05) is 6.42 Å². The van der Waals surface area contributed by atoms with Crippen LogP contribution in [0.2, 0.25) is 0 Å². The van der Waals surface area contributed by atoms with E-state index in [0.717, 1.165) is 19.5 Å². The van der Waals surface area contributed by atoms with Gasteiger partial charge in [-0.1, -0.05) is 24.2 Å². The summed E-state index contributed by atoms with van der Waals surface area (Å²) in [5.41, 5.74) is 0. The fraction of sp³-hybridized carbons (Fsp3) is 0.529. The molecule has 0 spiro atoms. The van der Waals surface area contributed by atoms with Crippen molar-refractivity contribution >= 4 is 12.4 Å². The van der Waals surface area contributed by atoms with Crippen molar-refractivity contribution in [3.8, 4) is 5.75 Å². The molecule has 1 aliphatic heterocycles. The van der Waals surface area contributed by atoms with E-state index in [0.29, 0.717) is 23.6 Å². The summed E-state index contributed by atoms with van der Waals surface area (Å²) in [7, 11) is 0. The highest BCUT2D eigenvalue weighted by atomic mass is 35.5. The van der Waals surface area contributed by atoms with Crippen molar-refractivity contribution in [3.63, 3.8) is 0 Å². The smallest absolute Gasteiger partial charge is 0.227 e. The van der Waals surface area contributed by atoms with Crippen LogP contribution in [0.4, 0.5) is 4.39 Å². The molecule has 1 aliphatic rings. The van der Waals surface area contributed by atoms with Crippen LogP contribution in [0, 0.1) is 17.7 Å². The van der Waals surface area contributed by atoms with Crippen molar-refractivity contribution in [2.24, 2.45) is 11.8 Å². The van der Waals surface area contributed by atoms with Crippen molar-refractivity contribution in [3.05, 3.63) is 41.8 Å². The van der Waals surface area contributed by atoms with Gasteiger partial charge in [0.15, 0.2) is 18.2 Å². The Balaban J connectivity index is 0.00000208. The first-order chi connectivity index (χ1) is 11.2. The Kier molecular flexibility index (Phi) is 6.99. The van der Waals surface area contributed by atoms with Gasteiger partial charge in [0.25, 0.3) is 0 Å². The molecule has 2 aromatic rings. The molecular weight excluding hydrogens is 333 g/mol. The summed E-state index contributed by atoms with van der Waals surface area (Å²) in [6.07, 6.45) is 3.16. The van der Waals surface area contributed by atoms with Gasteiger partial charge < -0.3 is 14.6 Å². The van der Waals surface area contributed by atoms with E-state index < -0.39 is 5.82 Å². The Morgan fingerprint density at radius 3 is 2.83 bits per heavy atom. The Hall–Kier alpha value is -1.66. The van der Waals surface area contributed by atoms with E-state index >= 15 is 0 Å². The fourth-order valence-corrected chi connectivity index (χ4v) is 2.99. The number of aromatic nitrogens is 2. The molecule has 1 unspecified atom stereocenters. The largest absolute Gasteiger partial charge is 0.482 e. The maximum absolute atomic E-state index is 13.5. The molecule has 2 heterocycles. The van der Waals surface area contributed by atoms with Crippen LogP contribution in [0.3, 0.4) is 0 Å². The maximum atomic E-state index is 13.5. The third-order valence-corrected chi connectivity index (χ3v) is 4.39. The maximum Gasteiger partial charge on any atom is 0.227 e. The van der Waals surface area contributed by atoms with Crippen molar-refractivity contribution < 1.29 is 13.7 Å². The second-order valence-electron chi connectivity index (χ2n) is 6.09. The van der Waals surface area contributed by atoms with Crippen LogP contribution in [-0.2, 0) is 13.0 Å². The summed E-state index contributed by atoms with van der Waals surface area (Å²) in [5, 5.41) is 7.29. The van der Waals surface area contributed by atoms with Gasteiger partial charge in [0.2, 0.25) is 11.7 Å². The van der Waals surface area contributed by atoms with Gasteiger partial charge in [-0.2, -0.15) is 4.98 Å². The Bertz CT molecular complexity index is 632. The molecule has 5 nitrogen and oxygen atoms in total. The quantitative estimate of drug-likeness (QED) is 0.860. The lowest BCUT2D eigenvalue weighted by Crippen LogP contribution is -2.31. The summed E-state index contributed by atoms with van der Waals surface area (Å²) in [5.74, 6) is 2.08. The fourth-order valence-electron chi connectivity index (χ4n) is 2.99. The summed E-state index contributed by atoms with van der Waals surface area (Å²) < 4.78 is 24.2. The molecule has 1 fully saturated rings. The lowest BCUT2D eigenvalue weighted by Gasteiger charge is -2.27. The van der Waals surface area contributed by atoms with Gasteiger partial charge >= 0.3 is 0 Å². The van der Waals surface area contributed by atoms with E-state index in [1.807, 2.05) is 0 Å². The van der Waals surface area contributed by atoms with Crippen molar-refractivity contribution in [1.29, 1.82) is 0 Å². The van der Waals surface area contributed by atoms with Crippen LogP contribution in [-0.4, -0.2) is 23.2 Å². The minimum atomic E-state index is -0.393. The van der Waals surface area contributed by atoms with Crippen molar-refractivity contribution in [2.75, 3.05) is 13.1 Å². The SMILES string of the molecule is CC(Cc1nc(COc2ccccc2F)no1)C1CCNCC1.Cl.